The number of thiazole rings is 1. The van der Waals surface area contributed by atoms with Crippen molar-refractivity contribution in [3.8, 4) is 0 Å². The van der Waals surface area contributed by atoms with Gasteiger partial charge in [0, 0.05) is 54.7 Å². The minimum absolute atomic E-state index is 0.739. The number of hydrogen-bond acceptors (Lipinski definition) is 6. The second kappa shape index (κ2) is 5.16. The largest absolute Gasteiger partial charge is 0.356 e. The Balaban J connectivity index is 1.30. The third-order valence-corrected chi connectivity index (χ3v) is 6.73. The first-order valence-electron chi connectivity index (χ1n) is 8.53. The van der Waals surface area contributed by atoms with Crippen LogP contribution in [0, 0.1) is 18.8 Å². The van der Waals surface area contributed by atoms with E-state index < -0.39 is 0 Å². The highest BCUT2D eigenvalue weighted by Gasteiger charge is 2.41. The van der Waals surface area contributed by atoms with E-state index in [-0.39, 0.29) is 0 Å². The first kappa shape index (κ1) is 13.7. The number of nitrogens with zero attached hydrogens (tertiary/aromatic N) is 5. The van der Waals surface area contributed by atoms with Crippen molar-refractivity contribution in [3.05, 3.63) is 28.7 Å². The smallest absolute Gasteiger partial charge is 0.185 e. The zero-order valence-electron chi connectivity index (χ0n) is 13.4. The van der Waals surface area contributed by atoms with Gasteiger partial charge in [-0.05, 0) is 26.2 Å². The summed E-state index contributed by atoms with van der Waals surface area (Å²) in [5, 5.41) is 1.27. The fourth-order valence-corrected chi connectivity index (χ4v) is 5.52. The molecule has 1 aliphatic carbocycles. The van der Waals surface area contributed by atoms with Gasteiger partial charge in [0.05, 0.1) is 5.69 Å². The van der Waals surface area contributed by atoms with Crippen molar-refractivity contribution in [2.45, 2.75) is 26.2 Å². The number of aryl methyl sites for hydroxylation is 3. The van der Waals surface area contributed by atoms with Crippen LogP contribution in [0.4, 0.5) is 10.9 Å². The third-order valence-electron chi connectivity index (χ3n) is 5.51. The summed E-state index contributed by atoms with van der Waals surface area (Å²) < 4.78 is 0. The average Bonchev–Trinajstić information content (AvgIpc) is 3.25. The van der Waals surface area contributed by atoms with Gasteiger partial charge in [0.1, 0.15) is 12.1 Å². The molecular weight excluding hydrogens is 306 g/mol. The highest BCUT2D eigenvalue weighted by atomic mass is 32.1. The molecule has 0 bridgehead atoms. The molecule has 23 heavy (non-hydrogen) atoms. The van der Waals surface area contributed by atoms with E-state index in [2.05, 4.69) is 26.7 Å². The molecule has 0 radical (unpaired) electrons. The van der Waals surface area contributed by atoms with Crippen molar-refractivity contribution in [3.63, 3.8) is 0 Å². The Labute approximate surface area is 140 Å². The van der Waals surface area contributed by atoms with Gasteiger partial charge < -0.3 is 9.80 Å². The normalized spacial score (nSPS) is 26.0. The first-order valence-corrected chi connectivity index (χ1v) is 9.34. The first-order chi connectivity index (χ1) is 11.3. The molecule has 3 aliphatic rings. The van der Waals surface area contributed by atoms with Gasteiger partial charge >= 0.3 is 0 Å². The summed E-state index contributed by atoms with van der Waals surface area (Å²) in [6.07, 6.45) is 7.31. The van der Waals surface area contributed by atoms with Crippen molar-refractivity contribution < 1.29 is 0 Å². The van der Waals surface area contributed by atoms with Crippen molar-refractivity contribution in [2.75, 3.05) is 36.0 Å². The summed E-state index contributed by atoms with van der Waals surface area (Å²) in [4.78, 5) is 20.0. The fourth-order valence-electron chi connectivity index (χ4n) is 4.36. The molecule has 2 aromatic heterocycles. The van der Waals surface area contributed by atoms with E-state index in [1.165, 1.54) is 40.5 Å². The Bertz CT molecular complexity index is 707. The van der Waals surface area contributed by atoms with Crippen molar-refractivity contribution in [2.24, 2.45) is 11.8 Å². The quantitative estimate of drug-likeness (QED) is 0.847. The molecule has 0 aromatic carbocycles. The Morgan fingerprint density at radius 1 is 1.09 bits per heavy atom. The number of anilines is 2. The lowest BCUT2D eigenvalue weighted by atomic mass is 10.0. The standard InChI is InChI=1S/C17H21N5S/c1-11-5-18-10-19-16(11)21-6-12-8-22(9-13(12)7-21)17-20-14-3-2-4-15(14)23-17/h5,10,12-13H,2-4,6-9H2,1H3. The van der Waals surface area contributed by atoms with Crippen molar-refractivity contribution in [1.29, 1.82) is 0 Å². The molecule has 120 valence electrons. The minimum Gasteiger partial charge on any atom is -0.356 e. The Morgan fingerprint density at radius 3 is 2.61 bits per heavy atom. The molecular formula is C17H21N5S. The van der Waals surface area contributed by atoms with Gasteiger partial charge in [-0.25, -0.2) is 15.0 Å². The lowest BCUT2D eigenvalue weighted by Crippen LogP contribution is -2.29. The van der Waals surface area contributed by atoms with Crippen LogP contribution >= 0.6 is 11.3 Å². The molecule has 2 aliphatic heterocycles. The molecule has 2 unspecified atom stereocenters. The SMILES string of the molecule is Cc1cncnc1N1CC2CN(c3nc4c(s3)CCC4)CC2C1. The summed E-state index contributed by atoms with van der Waals surface area (Å²) in [7, 11) is 0. The number of hydrogen-bond donors (Lipinski definition) is 0. The molecule has 2 fully saturated rings. The average molecular weight is 327 g/mol. The Kier molecular flexibility index (Phi) is 3.08. The van der Waals surface area contributed by atoms with E-state index in [1.807, 2.05) is 17.5 Å². The Hall–Kier alpha value is -1.69. The Morgan fingerprint density at radius 2 is 1.87 bits per heavy atom. The highest BCUT2D eigenvalue weighted by molar-refractivity contribution is 7.15. The predicted octanol–water partition coefficient (Wildman–Crippen LogP) is 2.30. The van der Waals surface area contributed by atoms with Crippen LogP contribution in [0.5, 0.6) is 0 Å². The molecule has 0 amide bonds. The summed E-state index contributed by atoms with van der Waals surface area (Å²) in [5.74, 6) is 2.60. The zero-order chi connectivity index (χ0) is 15.4. The topological polar surface area (TPSA) is 45.2 Å². The van der Waals surface area contributed by atoms with E-state index in [9.17, 15) is 0 Å². The van der Waals surface area contributed by atoms with E-state index in [4.69, 9.17) is 4.98 Å². The van der Waals surface area contributed by atoms with Crippen LogP contribution in [0.25, 0.3) is 0 Å². The van der Waals surface area contributed by atoms with Crippen molar-refractivity contribution >= 4 is 22.3 Å². The third kappa shape index (κ3) is 2.23. The predicted molar refractivity (Wildman–Crippen MR) is 92.3 cm³/mol. The molecule has 0 saturated carbocycles. The van der Waals surface area contributed by atoms with Gasteiger partial charge in [-0.3, -0.25) is 0 Å². The van der Waals surface area contributed by atoms with Gasteiger partial charge in [-0.1, -0.05) is 0 Å². The van der Waals surface area contributed by atoms with Crippen LogP contribution in [0.2, 0.25) is 0 Å². The molecule has 2 atom stereocenters. The van der Waals surface area contributed by atoms with Crippen LogP contribution < -0.4 is 9.80 Å². The van der Waals surface area contributed by atoms with Crippen LogP contribution in [-0.4, -0.2) is 41.1 Å². The zero-order valence-corrected chi connectivity index (χ0v) is 14.2. The second-order valence-electron chi connectivity index (χ2n) is 7.08. The lowest BCUT2D eigenvalue weighted by molar-refractivity contribution is 0.533. The van der Waals surface area contributed by atoms with Crippen LogP contribution in [-0.2, 0) is 12.8 Å². The molecule has 2 aromatic rings. The molecule has 0 N–H and O–H groups in total. The second-order valence-corrected chi connectivity index (χ2v) is 8.14. The maximum absolute atomic E-state index is 4.90. The highest BCUT2D eigenvalue weighted by Crippen LogP contribution is 2.39. The number of aromatic nitrogens is 3. The van der Waals surface area contributed by atoms with Crippen LogP contribution in [0.15, 0.2) is 12.5 Å². The maximum Gasteiger partial charge on any atom is 0.185 e. The molecule has 5 rings (SSSR count). The summed E-state index contributed by atoms with van der Waals surface area (Å²) in [6.45, 7) is 6.64. The van der Waals surface area contributed by atoms with Gasteiger partial charge in [0.15, 0.2) is 5.13 Å². The number of fused-ring (bicyclic) bond motifs is 2. The lowest BCUT2D eigenvalue weighted by Gasteiger charge is -2.23. The minimum atomic E-state index is 0.739. The van der Waals surface area contributed by atoms with Crippen LogP contribution in [0.1, 0.15) is 22.6 Å². The molecule has 0 spiro atoms. The van der Waals surface area contributed by atoms with Gasteiger partial charge in [0.2, 0.25) is 0 Å². The van der Waals surface area contributed by atoms with Gasteiger partial charge in [0.25, 0.3) is 0 Å². The summed E-state index contributed by atoms with van der Waals surface area (Å²) in [6, 6.07) is 0. The van der Waals surface area contributed by atoms with Crippen molar-refractivity contribution in [1.82, 2.24) is 15.0 Å². The van der Waals surface area contributed by atoms with E-state index in [0.717, 1.165) is 43.8 Å². The van der Waals surface area contributed by atoms with E-state index in [1.54, 1.807) is 6.33 Å². The maximum atomic E-state index is 4.90. The molecule has 4 heterocycles. The van der Waals surface area contributed by atoms with E-state index >= 15 is 0 Å². The van der Waals surface area contributed by atoms with Gasteiger partial charge in [-0.2, -0.15) is 0 Å². The van der Waals surface area contributed by atoms with Gasteiger partial charge in [-0.15, -0.1) is 11.3 Å². The molecule has 5 nitrogen and oxygen atoms in total. The van der Waals surface area contributed by atoms with E-state index in [0.29, 0.717) is 0 Å². The molecule has 6 heteroatoms. The molecule has 2 saturated heterocycles. The summed E-state index contributed by atoms with van der Waals surface area (Å²) >= 11 is 1.94. The monoisotopic (exact) mass is 327 g/mol. The fraction of sp³-hybridized carbons (Fsp3) is 0.588. The number of rotatable bonds is 2. The van der Waals surface area contributed by atoms with Crippen LogP contribution in [0.3, 0.4) is 0 Å². The summed E-state index contributed by atoms with van der Waals surface area (Å²) in [5.41, 5.74) is 2.56.